The van der Waals surface area contributed by atoms with Gasteiger partial charge in [0.1, 0.15) is 17.5 Å². The summed E-state index contributed by atoms with van der Waals surface area (Å²) in [5, 5.41) is 9.62. The van der Waals surface area contributed by atoms with E-state index in [0.717, 1.165) is 30.2 Å². The maximum atomic E-state index is 14.1. The molecule has 4 rings (SSSR count). The van der Waals surface area contributed by atoms with Crippen LogP contribution in [0.4, 0.5) is 4.39 Å². The molecule has 1 fully saturated rings. The van der Waals surface area contributed by atoms with Gasteiger partial charge >= 0.3 is 0 Å². The maximum Gasteiger partial charge on any atom is 0.144 e. The lowest BCUT2D eigenvalue weighted by molar-refractivity contribution is 0.504. The Hall–Kier alpha value is -2.27. The third kappa shape index (κ3) is 3.61. The zero-order valence-corrected chi connectivity index (χ0v) is 16.2. The van der Waals surface area contributed by atoms with Gasteiger partial charge in [-0.05, 0) is 56.9 Å². The number of nitrogens with zero attached hydrogens (tertiary/aromatic N) is 4. The Morgan fingerprint density at radius 2 is 1.93 bits per heavy atom. The normalized spacial score (nSPS) is 14.5. The molecule has 27 heavy (non-hydrogen) atoms. The maximum absolute atomic E-state index is 14.1. The molecule has 0 atom stereocenters. The Morgan fingerprint density at radius 1 is 1.15 bits per heavy atom. The molecule has 2 aromatic heterocycles. The van der Waals surface area contributed by atoms with E-state index in [9.17, 15) is 4.39 Å². The fourth-order valence-electron chi connectivity index (χ4n) is 3.43. The largest absolute Gasteiger partial charge is 0.314 e. The molecule has 0 unspecified atom stereocenters. The van der Waals surface area contributed by atoms with E-state index in [-0.39, 0.29) is 5.82 Å². The van der Waals surface area contributed by atoms with Crippen molar-refractivity contribution in [2.75, 3.05) is 0 Å². The predicted octanol–water partition coefficient (Wildman–Crippen LogP) is 4.91. The van der Waals surface area contributed by atoms with Crippen LogP contribution >= 0.6 is 11.6 Å². The van der Waals surface area contributed by atoms with E-state index in [1.807, 2.05) is 24.3 Å². The number of hydrogen-bond acceptors (Lipinski definition) is 3. The number of halogens is 2. The fraction of sp³-hybridized carbons (Fsp3) is 0.381. The fourth-order valence-corrected chi connectivity index (χ4v) is 3.55. The highest BCUT2D eigenvalue weighted by molar-refractivity contribution is 6.30. The predicted molar refractivity (Wildman–Crippen MR) is 103 cm³/mol. The van der Waals surface area contributed by atoms with E-state index in [2.05, 4.69) is 33.6 Å². The summed E-state index contributed by atoms with van der Waals surface area (Å²) in [7, 11) is 0. The van der Waals surface area contributed by atoms with Crippen molar-refractivity contribution in [3.63, 3.8) is 0 Å². The molecule has 4 nitrogen and oxygen atoms in total. The summed E-state index contributed by atoms with van der Waals surface area (Å²) in [6.07, 6.45) is 4.52. The third-order valence-corrected chi connectivity index (χ3v) is 5.43. The molecular formula is C21H22ClFN4. The van der Waals surface area contributed by atoms with Crippen LogP contribution in [0.2, 0.25) is 5.02 Å². The molecule has 0 spiro atoms. The number of aromatic nitrogens is 4. The molecule has 0 saturated heterocycles. The number of rotatable bonds is 6. The Kier molecular flexibility index (Phi) is 4.72. The van der Waals surface area contributed by atoms with Crippen LogP contribution in [0.3, 0.4) is 0 Å². The Labute approximate surface area is 163 Å². The van der Waals surface area contributed by atoms with Crippen molar-refractivity contribution in [2.45, 2.75) is 51.0 Å². The van der Waals surface area contributed by atoms with Gasteiger partial charge in [-0.3, -0.25) is 4.98 Å². The van der Waals surface area contributed by atoms with Crippen LogP contribution in [-0.2, 0) is 18.4 Å². The number of hydrogen-bond donors (Lipinski definition) is 0. The molecule has 0 N–H and O–H groups in total. The van der Waals surface area contributed by atoms with E-state index in [1.165, 1.54) is 6.07 Å². The van der Waals surface area contributed by atoms with Gasteiger partial charge in [-0.25, -0.2) is 4.39 Å². The SMILES string of the molecule is CC(C)(c1ccc(Cl)cn1)c1nnc(C2CC2)n1CCc1ccccc1F. The molecule has 6 heteroatoms. The van der Waals surface area contributed by atoms with Crippen LogP contribution in [0.5, 0.6) is 0 Å². The molecule has 1 saturated carbocycles. The Balaban J connectivity index is 1.69. The molecule has 2 heterocycles. The second-order valence-electron chi connectivity index (χ2n) is 7.64. The van der Waals surface area contributed by atoms with Crippen molar-refractivity contribution in [3.8, 4) is 0 Å². The minimum Gasteiger partial charge on any atom is -0.314 e. The lowest BCUT2D eigenvalue weighted by Gasteiger charge is -2.24. The quantitative estimate of drug-likeness (QED) is 0.606. The molecule has 1 aliphatic carbocycles. The first kappa shape index (κ1) is 18.1. The molecule has 0 bridgehead atoms. The molecule has 0 amide bonds. The van der Waals surface area contributed by atoms with Gasteiger partial charge in [-0.15, -0.1) is 10.2 Å². The van der Waals surface area contributed by atoms with Gasteiger partial charge in [0.2, 0.25) is 0 Å². The Morgan fingerprint density at radius 3 is 2.59 bits per heavy atom. The first-order chi connectivity index (χ1) is 13.0. The highest BCUT2D eigenvalue weighted by Crippen LogP contribution is 2.41. The van der Waals surface area contributed by atoms with E-state index in [0.29, 0.717) is 29.5 Å². The highest BCUT2D eigenvalue weighted by atomic mass is 35.5. The summed E-state index contributed by atoms with van der Waals surface area (Å²) in [5.41, 5.74) is 1.16. The Bertz CT molecular complexity index is 945. The van der Waals surface area contributed by atoms with Crippen LogP contribution in [0.1, 0.15) is 55.5 Å². The van der Waals surface area contributed by atoms with Gasteiger partial charge in [-0.1, -0.05) is 29.8 Å². The van der Waals surface area contributed by atoms with Crippen molar-refractivity contribution in [1.29, 1.82) is 0 Å². The number of benzene rings is 1. The first-order valence-electron chi connectivity index (χ1n) is 9.26. The minimum absolute atomic E-state index is 0.168. The minimum atomic E-state index is -0.431. The molecule has 1 aliphatic rings. The van der Waals surface area contributed by atoms with Gasteiger partial charge in [0.25, 0.3) is 0 Å². The van der Waals surface area contributed by atoms with Crippen LogP contribution < -0.4 is 0 Å². The molecular weight excluding hydrogens is 363 g/mol. The highest BCUT2D eigenvalue weighted by Gasteiger charge is 2.36. The summed E-state index contributed by atoms with van der Waals surface area (Å²) >= 11 is 5.99. The molecule has 140 valence electrons. The van der Waals surface area contributed by atoms with Crippen LogP contribution in [-0.4, -0.2) is 19.7 Å². The monoisotopic (exact) mass is 384 g/mol. The van der Waals surface area contributed by atoms with Crippen LogP contribution in [0.15, 0.2) is 42.6 Å². The second kappa shape index (κ2) is 7.04. The smallest absolute Gasteiger partial charge is 0.144 e. The third-order valence-electron chi connectivity index (χ3n) is 5.21. The van der Waals surface area contributed by atoms with Crippen molar-refractivity contribution in [1.82, 2.24) is 19.7 Å². The summed E-state index contributed by atoms with van der Waals surface area (Å²) in [6.45, 7) is 4.82. The average molecular weight is 385 g/mol. The van der Waals surface area contributed by atoms with Crippen molar-refractivity contribution in [3.05, 3.63) is 76.3 Å². The van der Waals surface area contributed by atoms with Crippen molar-refractivity contribution in [2.24, 2.45) is 0 Å². The summed E-state index contributed by atoms with van der Waals surface area (Å²) in [6, 6.07) is 10.7. The van der Waals surface area contributed by atoms with Crippen molar-refractivity contribution < 1.29 is 4.39 Å². The lowest BCUT2D eigenvalue weighted by atomic mass is 9.87. The number of aryl methyl sites for hydroxylation is 1. The van der Waals surface area contributed by atoms with E-state index < -0.39 is 5.41 Å². The zero-order chi connectivity index (χ0) is 19.0. The molecule has 0 aliphatic heterocycles. The molecule has 1 aromatic carbocycles. The van der Waals surface area contributed by atoms with E-state index in [1.54, 1.807) is 12.3 Å². The first-order valence-corrected chi connectivity index (χ1v) is 9.63. The summed E-state index contributed by atoms with van der Waals surface area (Å²) < 4.78 is 16.2. The van der Waals surface area contributed by atoms with Crippen molar-refractivity contribution >= 4 is 11.6 Å². The van der Waals surface area contributed by atoms with Gasteiger partial charge in [-0.2, -0.15) is 0 Å². The molecule has 0 radical (unpaired) electrons. The van der Waals surface area contributed by atoms with Gasteiger partial charge in [0.15, 0.2) is 0 Å². The second-order valence-corrected chi connectivity index (χ2v) is 8.07. The van der Waals surface area contributed by atoms with Gasteiger partial charge in [0.05, 0.1) is 16.1 Å². The van der Waals surface area contributed by atoms with Gasteiger partial charge < -0.3 is 4.57 Å². The van der Waals surface area contributed by atoms with Crippen LogP contribution in [0.25, 0.3) is 0 Å². The van der Waals surface area contributed by atoms with E-state index in [4.69, 9.17) is 11.6 Å². The van der Waals surface area contributed by atoms with Gasteiger partial charge in [0, 0.05) is 18.7 Å². The summed E-state index contributed by atoms with van der Waals surface area (Å²) in [4.78, 5) is 4.50. The standard InChI is InChI=1S/C21H22ClFN4/c1-21(2,18-10-9-16(22)13-24-18)20-26-25-19(15-7-8-15)27(20)12-11-14-5-3-4-6-17(14)23/h3-6,9-10,13,15H,7-8,11-12H2,1-2H3. The average Bonchev–Trinajstić information content (AvgIpc) is 3.40. The number of pyridine rings is 1. The molecule has 3 aromatic rings. The topological polar surface area (TPSA) is 43.6 Å². The summed E-state index contributed by atoms with van der Waals surface area (Å²) in [5.74, 6) is 2.15. The lowest BCUT2D eigenvalue weighted by Crippen LogP contribution is -2.26. The van der Waals surface area contributed by atoms with Crippen LogP contribution in [0, 0.1) is 5.82 Å². The van der Waals surface area contributed by atoms with E-state index >= 15 is 0 Å². The zero-order valence-electron chi connectivity index (χ0n) is 15.5.